The van der Waals surface area contributed by atoms with E-state index < -0.39 is 4.92 Å². The van der Waals surface area contributed by atoms with Crippen molar-refractivity contribution >= 4 is 34.3 Å². The maximum absolute atomic E-state index is 13.1. The highest BCUT2D eigenvalue weighted by Crippen LogP contribution is 2.29. The molecule has 0 atom stereocenters. The molecule has 0 radical (unpaired) electrons. The Morgan fingerprint density at radius 2 is 1.89 bits per heavy atom. The number of nitro groups is 1. The summed E-state index contributed by atoms with van der Waals surface area (Å²) in [5.74, 6) is 0.887. The van der Waals surface area contributed by atoms with Gasteiger partial charge in [-0.1, -0.05) is 29.4 Å². The molecule has 11 heteroatoms. The summed E-state index contributed by atoms with van der Waals surface area (Å²) >= 11 is 1.55. The third-order valence-electron chi connectivity index (χ3n) is 5.72. The molecular weight excluding hydrogens is 468 g/mol. The lowest BCUT2D eigenvalue weighted by Gasteiger charge is -2.34. The van der Waals surface area contributed by atoms with Gasteiger partial charge in [0.05, 0.1) is 16.3 Å². The van der Waals surface area contributed by atoms with Crippen molar-refractivity contribution in [3.8, 4) is 10.7 Å². The van der Waals surface area contributed by atoms with E-state index >= 15 is 0 Å². The molecule has 178 valence electrons. The van der Waals surface area contributed by atoms with Crippen molar-refractivity contribution in [2.24, 2.45) is 0 Å². The van der Waals surface area contributed by atoms with Crippen molar-refractivity contribution in [2.45, 2.75) is 6.54 Å². The normalized spacial score (nSPS) is 14.1. The maximum atomic E-state index is 13.1. The summed E-state index contributed by atoms with van der Waals surface area (Å²) in [6, 6.07) is 17.6. The second-order valence-electron chi connectivity index (χ2n) is 8.04. The Labute approximate surface area is 204 Å². The zero-order valence-electron chi connectivity index (χ0n) is 18.7. The number of nitro benzene ring substituents is 1. The smallest absolute Gasteiger partial charge is 0.293 e. The summed E-state index contributed by atoms with van der Waals surface area (Å²) in [4.78, 5) is 33.5. The number of carbonyl (C=O) groups excluding carboxylic acids is 1. The third kappa shape index (κ3) is 5.20. The van der Waals surface area contributed by atoms with Crippen LogP contribution in [0.3, 0.4) is 0 Å². The van der Waals surface area contributed by atoms with Gasteiger partial charge < -0.3 is 14.7 Å². The van der Waals surface area contributed by atoms with Gasteiger partial charge in [-0.15, -0.1) is 11.3 Å². The number of nitrogens with zero attached hydrogens (tertiary/aromatic N) is 5. The number of aromatic nitrogens is 2. The van der Waals surface area contributed by atoms with Crippen LogP contribution in [0.1, 0.15) is 16.2 Å². The van der Waals surface area contributed by atoms with Crippen LogP contribution < -0.4 is 5.32 Å². The Kier molecular flexibility index (Phi) is 6.51. The average Bonchev–Trinajstić information content (AvgIpc) is 3.57. The molecule has 0 unspecified atom stereocenters. The fourth-order valence-corrected chi connectivity index (χ4v) is 4.56. The number of rotatable bonds is 7. The number of amides is 1. The minimum absolute atomic E-state index is 0.142. The summed E-state index contributed by atoms with van der Waals surface area (Å²) in [5, 5.41) is 20.7. The van der Waals surface area contributed by atoms with Crippen molar-refractivity contribution in [3.05, 3.63) is 87.6 Å². The molecule has 1 aliphatic heterocycles. The van der Waals surface area contributed by atoms with Crippen molar-refractivity contribution < 1.29 is 14.2 Å². The van der Waals surface area contributed by atoms with Gasteiger partial charge in [0.2, 0.25) is 11.7 Å². The molecule has 0 spiro atoms. The number of nitrogens with one attached hydrogen (secondary N) is 1. The summed E-state index contributed by atoms with van der Waals surface area (Å²) in [7, 11) is 0. The molecule has 2 aromatic carbocycles. The Morgan fingerprint density at radius 3 is 2.60 bits per heavy atom. The van der Waals surface area contributed by atoms with Crippen LogP contribution in [0.5, 0.6) is 0 Å². The van der Waals surface area contributed by atoms with Crippen molar-refractivity contribution in [1.29, 1.82) is 0 Å². The molecule has 0 saturated carbocycles. The number of benzene rings is 2. The van der Waals surface area contributed by atoms with Gasteiger partial charge in [0.15, 0.2) is 0 Å². The first-order valence-corrected chi connectivity index (χ1v) is 11.9. The Balaban J connectivity index is 1.21. The van der Waals surface area contributed by atoms with Crippen LogP contribution in [-0.4, -0.2) is 56.9 Å². The SMILES string of the molecule is O=C(c1ccc(Nc2ccccc2)c([N+](=O)[O-])c1)N1CCN(Cc2nc(-c3cccs3)no2)CC1. The minimum atomic E-state index is -0.477. The summed E-state index contributed by atoms with van der Waals surface area (Å²) in [6.07, 6.45) is 0. The van der Waals surface area contributed by atoms with Gasteiger partial charge in [-0.2, -0.15) is 4.98 Å². The lowest BCUT2D eigenvalue weighted by atomic mass is 10.1. The Morgan fingerprint density at radius 1 is 1.09 bits per heavy atom. The van der Waals surface area contributed by atoms with Crippen molar-refractivity contribution in [2.75, 3.05) is 31.5 Å². The molecule has 35 heavy (non-hydrogen) atoms. The van der Waals surface area contributed by atoms with E-state index in [1.807, 2.05) is 47.8 Å². The molecular formula is C24H22N6O4S. The van der Waals surface area contributed by atoms with E-state index in [9.17, 15) is 14.9 Å². The molecule has 0 bridgehead atoms. The van der Waals surface area contributed by atoms with Crippen LogP contribution in [0.15, 0.2) is 70.6 Å². The first-order chi connectivity index (χ1) is 17.1. The van der Waals surface area contributed by atoms with Gasteiger partial charge in [-0.05, 0) is 35.7 Å². The molecule has 1 saturated heterocycles. The summed E-state index contributed by atoms with van der Waals surface area (Å²) in [6.45, 7) is 2.78. The van der Waals surface area contributed by atoms with E-state index in [0.717, 1.165) is 10.6 Å². The van der Waals surface area contributed by atoms with Crippen LogP contribution in [0, 0.1) is 10.1 Å². The second kappa shape index (κ2) is 10.0. The zero-order valence-corrected chi connectivity index (χ0v) is 19.5. The monoisotopic (exact) mass is 490 g/mol. The summed E-state index contributed by atoms with van der Waals surface area (Å²) < 4.78 is 5.38. The number of hydrogen-bond donors (Lipinski definition) is 1. The quantitative estimate of drug-likeness (QED) is 0.299. The van der Waals surface area contributed by atoms with Gasteiger partial charge in [-0.3, -0.25) is 19.8 Å². The first kappa shape index (κ1) is 22.7. The average molecular weight is 491 g/mol. The molecule has 3 heterocycles. The van der Waals surface area contributed by atoms with Gasteiger partial charge in [-0.25, -0.2) is 0 Å². The van der Waals surface area contributed by atoms with Crippen LogP contribution in [0.4, 0.5) is 17.1 Å². The highest BCUT2D eigenvalue weighted by molar-refractivity contribution is 7.13. The number of hydrogen-bond acceptors (Lipinski definition) is 9. The number of carbonyl (C=O) groups is 1. The molecule has 10 nitrogen and oxygen atoms in total. The largest absolute Gasteiger partial charge is 0.350 e. The molecule has 1 aliphatic rings. The number of piperazine rings is 1. The van der Waals surface area contributed by atoms with Crippen LogP contribution in [0.25, 0.3) is 10.7 Å². The van der Waals surface area contributed by atoms with E-state index in [1.54, 1.807) is 28.4 Å². The molecule has 5 rings (SSSR count). The fraction of sp³-hybridized carbons (Fsp3) is 0.208. The van der Waals surface area contributed by atoms with E-state index in [0.29, 0.717) is 55.7 Å². The molecule has 1 fully saturated rings. The van der Waals surface area contributed by atoms with Crippen molar-refractivity contribution in [1.82, 2.24) is 19.9 Å². The van der Waals surface area contributed by atoms with Gasteiger partial charge in [0.25, 0.3) is 11.6 Å². The van der Waals surface area contributed by atoms with Gasteiger partial charge in [0, 0.05) is 43.5 Å². The highest BCUT2D eigenvalue weighted by atomic mass is 32.1. The maximum Gasteiger partial charge on any atom is 0.293 e. The van der Waals surface area contributed by atoms with Crippen LogP contribution in [0.2, 0.25) is 0 Å². The van der Waals surface area contributed by atoms with E-state index in [1.165, 1.54) is 6.07 Å². The first-order valence-electron chi connectivity index (χ1n) is 11.1. The van der Waals surface area contributed by atoms with E-state index in [2.05, 4.69) is 20.4 Å². The molecule has 4 aromatic rings. The second-order valence-corrected chi connectivity index (χ2v) is 8.99. The zero-order chi connectivity index (χ0) is 24.2. The Bertz CT molecular complexity index is 1320. The van der Waals surface area contributed by atoms with Gasteiger partial charge in [0.1, 0.15) is 5.69 Å². The highest BCUT2D eigenvalue weighted by Gasteiger charge is 2.26. The van der Waals surface area contributed by atoms with E-state index in [-0.39, 0.29) is 11.6 Å². The minimum Gasteiger partial charge on any atom is -0.350 e. The lowest BCUT2D eigenvalue weighted by Crippen LogP contribution is -2.48. The van der Waals surface area contributed by atoms with Crippen LogP contribution >= 0.6 is 11.3 Å². The van der Waals surface area contributed by atoms with Crippen LogP contribution in [-0.2, 0) is 6.54 Å². The predicted octanol–water partition coefficient (Wildman–Crippen LogP) is 4.41. The summed E-state index contributed by atoms with van der Waals surface area (Å²) in [5.41, 5.74) is 1.22. The van der Waals surface area contributed by atoms with Gasteiger partial charge >= 0.3 is 0 Å². The number of thiophene rings is 1. The molecule has 1 amide bonds. The van der Waals surface area contributed by atoms with Crippen molar-refractivity contribution in [3.63, 3.8) is 0 Å². The topological polar surface area (TPSA) is 118 Å². The fourth-order valence-electron chi connectivity index (χ4n) is 3.91. The number of para-hydroxylation sites is 1. The molecule has 2 aromatic heterocycles. The standard InChI is InChI=1S/C24H22N6O4S/c31-24(17-8-9-19(20(15-17)30(32)33)25-18-5-2-1-3-6-18)29-12-10-28(11-13-29)16-22-26-23(27-34-22)21-7-4-14-35-21/h1-9,14-15,25H,10-13,16H2. The molecule has 0 aliphatic carbocycles. The number of anilines is 2. The third-order valence-corrected chi connectivity index (χ3v) is 6.59. The lowest BCUT2D eigenvalue weighted by molar-refractivity contribution is -0.383. The predicted molar refractivity (Wildman–Crippen MR) is 132 cm³/mol. The van der Waals surface area contributed by atoms with E-state index in [4.69, 9.17) is 4.52 Å². The molecule has 1 N–H and O–H groups in total. The Hall–Kier alpha value is -4.09.